The average molecular weight is 349 g/mol. The van der Waals surface area contributed by atoms with Crippen LogP contribution in [0.2, 0.25) is 0 Å². The lowest BCUT2D eigenvalue weighted by Crippen LogP contribution is -2.39. The van der Waals surface area contributed by atoms with E-state index in [4.69, 9.17) is 4.74 Å². The standard InChI is InChI=1S/C18H31N5O2/c1-14(2)25-18(24)23-11-7-15(8-12-23)17-20-19-16(21(17)3)13-22-9-5-4-6-10-22/h14-15H,4-13H2,1-3H3. The van der Waals surface area contributed by atoms with Crippen LogP contribution < -0.4 is 0 Å². The molecule has 2 saturated heterocycles. The topological polar surface area (TPSA) is 63.5 Å². The fourth-order valence-corrected chi connectivity index (χ4v) is 3.78. The van der Waals surface area contributed by atoms with E-state index in [-0.39, 0.29) is 12.2 Å². The van der Waals surface area contributed by atoms with Gasteiger partial charge in [0.1, 0.15) is 11.6 Å². The van der Waals surface area contributed by atoms with Gasteiger partial charge < -0.3 is 14.2 Å². The van der Waals surface area contributed by atoms with Crippen molar-refractivity contribution in [3.8, 4) is 0 Å². The first-order chi connectivity index (χ1) is 12.0. The van der Waals surface area contributed by atoms with Gasteiger partial charge in [0.2, 0.25) is 0 Å². The van der Waals surface area contributed by atoms with Crippen LogP contribution >= 0.6 is 0 Å². The van der Waals surface area contributed by atoms with Crippen molar-refractivity contribution in [2.24, 2.45) is 7.05 Å². The molecule has 0 unspecified atom stereocenters. The molecule has 0 N–H and O–H groups in total. The first kappa shape index (κ1) is 18.2. The molecule has 0 spiro atoms. The summed E-state index contributed by atoms with van der Waals surface area (Å²) in [7, 11) is 2.08. The molecular weight excluding hydrogens is 318 g/mol. The smallest absolute Gasteiger partial charge is 0.410 e. The molecule has 3 heterocycles. The second kappa shape index (κ2) is 8.17. The molecule has 0 bridgehead atoms. The Kier molecular flexibility index (Phi) is 5.93. The number of amides is 1. The third-order valence-corrected chi connectivity index (χ3v) is 5.27. The van der Waals surface area contributed by atoms with E-state index >= 15 is 0 Å². The minimum Gasteiger partial charge on any atom is -0.447 e. The number of aromatic nitrogens is 3. The van der Waals surface area contributed by atoms with E-state index in [2.05, 4.69) is 26.7 Å². The number of hydrogen-bond acceptors (Lipinski definition) is 5. The number of rotatable bonds is 4. The van der Waals surface area contributed by atoms with E-state index in [0.29, 0.717) is 5.92 Å². The van der Waals surface area contributed by atoms with Crippen molar-refractivity contribution in [3.63, 3.8) is 0 Å². The van der Waals surface area contributed by atoms with Gasteiger partial charge in [0.25, 0.3) is 0 Å². The van der Waals surface area contributed by atoms with Crippen LogP contribution in [0.1, 0.15) is 63.5 Å². The number of carbonyl (C=O) groups excluding carboxylic acids is 1. The number of nitrogens with zero attached hydrogens (tertiary/aromatic N) is 5. The first-order valence-electron chi connectivity index (χ1n) is 9.60. The summed E-state index contributed by atoms with van der Waals surface area (Å²) in [5.41, 5.74) is 0. The third kappa shape index (κ3) is 4.51. The van der Waals surface area contributed by atoms with Gasteiger partial charge in [-0.15, -0.1) is 10.2 Å². The molecule has 0 aliphatic carbocycles. The Morgan fingerprint density at radius 2 is 1.80 bits per heavy atom. The summed E-state index contributed by atoms with van der Waals surface area (Å²) in [6, 6.07) is 0. The highest BCUT2D eigenvalue weighted by molar-refractivity contribution is 5.67. The van der Waals surface area contributed by atoms with Crippen LogP contribution in [0.5, 0.6) is 0 Å². The van der Waals surface area contributed by atoms with Gasteiger partial charge >= 0.3 is 6.09 Å². The van der Waals surface area contributed by atoms with Gasteiger partial charge in [-0.1, -0.05) is 6.42 Å². The Hall–Kier alpha value is -1.63. The second-order valence-corrected chi connectivity index (χ2v) is 7.56. The molecule has 2 aliphatic heterocycles. The first-order valence-corrected chi connectivity index (χ1v) is 9.60. The molecule has 1 amide bonds. The van der Waals surface area contributed by atoms with Gasteiger partial charge in [-0.3, -0.25) is 4.90 Å². The van der Waals surface area contributed by atoms with Crippen molar-refractivity contribution >= 4 is 6.09 Å². The fraction of sp³-hybridized carbons (Fsp3) is 0.833. The lowest BCUT2D eigenvalue weighted by atomic mass is 9.96. The molecule has 2 fully saturated rings. The lowest BCUT2D eigenvalue weighted by molar-refractivity contribution is 0.0687. The summed E-state index contributed by atoms with van der Waals surface area (Å²) in [5.74, 6) is 2.48. The van der Waals surface area contributed by atoms with Gasteiger partial charge in [-0.05, 0) is 52.6 Å². The fourth-order valence-electron chi connectivity index (χ4n) is 3.78. The molecule has 0 saturated carbocycles. The van der Waals surface area contributed by atoms with Crippen molar-refractivity contribution in [2.45, 2.75) is 64.5 Å². The van der Waals surface area contributed by atoms with Crippen LogP contribution in [0, 0.1) is 0 Å². The van der Waals surface area contributed by atoms with E-state index < -0.39 is 0 Å². The molecule has 0 atom stereocenters. The van der Waals surface area contributed by atoms with E-state index in [9.17, 15) is 4.79 Å². The number of piperidine rings is 2. The van der Waals surface area contributed by atoms with E-state index in [1.165, 1.54) is 32.4 Å². The summed E-state index contributed by atoms with van der Waals surface area (Å²) in [6.07, 6.45) is 5.49. The van der Waals surface area contributed by atoms with Crippen LogP contribution in [0.15, 0.2) is 0 Å². The Bertz CT molecular complexity index is 572. The minimum absolute atomic E-state index is 0.0682. The Morgan fingerprint density at radius 3 is 2.44 bits per heavy atom. The zero-order valence-corrected chi connectivity index (χ0v) is 15.8. The molecule has 7 nitrogen and oxygen atoms in total. The zero-order valence-electron chi connectivity index (χ0n) is 15.8. The van der Waals surface area contributed by atoms with Gasteiger partial charge in [-0.25, -0.2) is 4.79 Å². The highest BCUT2D eigenvalue weighted by Gasteiger charge is 2.28. The molecule has 140 valence electrons. The summed E-state index contributed by atoms with van der Waals surface area (Å²) < 4.78 is 7.46. The molecule has 1 aromatic rings. The maximum atomic E-state index is 12.0. The predicted molar refractivity (Wildman–Crippen MR) is 95.3 cm³/mol. The van der Waals surface area contributed by atoms with Crippen LogP contribution in [-0.2, 0) is 18.3 Å². The Balaban J connectivity index is 1.55. The molecule has 0 radical (unpaired) electrons. The van der Waals surface area contributed by atoms with Crippen LogP contribution in [0.3, 0.4) is 0 Å². The number of likely N-dealkylation sites (tertiary alicyclic amines) is 2. The Morgan fingerprint density at radius 1 is 1.12 bits per heavy atom. The predicted octanol–water partition coefficient (Wildman–Crippen LogP) is 2.53. The molecule has 7 heteroatoms. The summed E-state index contributed by atoms with van der Waals surface area (Å²) >= 11 is 0. The maximum Gasteiger partial charge on any atom is 0.410 e. The van der Waals surface area contributed by atoms with Crippen molar-refractivity contribution in [3.05, 3.63) is 11.6 Å². The van der Waals surface area contributed by atoms with Crippen LogP contribution in [0.25, 0.3) is 0 Å². The van der Waals surface area contributed by atoms with Gasteiger partial charge in [0.05, 0.1) is 12.6 Å². The zero-order chi connectivity index (χ0) is 17.8. The molecular formula is C18H31N5O2. The normalized spacial score (nSPS) is 20.2. The highest BCUT2D eigenvalue weighted by atomic mass is 16.6. The van der Waals surface area contributed by atoms with Crippen molar-refractivity contribution < 1.29 is 9.53 Å². The lowest BCUT2D eigenvalue weighted by Gasteiger charge is -2.31. The van der Waals surface area contributed by atoms with E-state index in [0.717, 1.165) is 44.1 Å². The van der Waals surface area contributed by atoms with E-state index in [1.807, 2.05) is 18.7 Å². The highest BCUT2D eigenvalue weighted by Crippen LogP contribution is 2.27. The van der Waals surface area contributed by atoms with Crippen LogP contribution in [0.4, 0.5) is 4.79 Å². The monoisotopic (exact) mass is 349 g/mol. The van der Waals surface area contributed by atoms with Gasteiger partial charge in [-0.2, -0.15) is 0 Å². The number of hydrogen-bond donors (Lipinski definition) is 0. The Labute approximate surface area is 150 Å². The van der Waals surface area contributed by atoms with Crippen molar-refractivity contribution in [1.82, 2.24) is 24.6 Å². The summed E-state index contributed by atoms with van der Waals surface area (Å²) in [6.45, 7) is 8.44. The van der Waals surface area contributed by atoms with Crippen molar-refractivity contribution in [2.75, 3.05) is 26.2 Å². The molecule has 2 aliphatic rings. The van der Waals surface area contributed by atoms with Gasteiger partial charge in [0, 0.05) is 26.1 Å². The molecule has 25 heavy (non-hydrogen) atoms. The number of ether oxygens (including phenoxy) is 1. The largest absolute Gasteiger partial charge is 0.447 e. The summed E-state index contributed by atoms with van der Waals surface area (Å²) in [4.78, 5) is 16.3. The van der Waals surface area contributed by atoms with Gasteiger partial charge in [0.15, 0.2) is 0 Å². The molecule has 1 aromatic heterocycles. The molecule has 3 rings (SSSR count). The SMILES string of the molecule is CC(C)OC(=O)N1CCC(c2nnc(CN3CCCCC3)n2C)CC1. The maximum absolute atomic E-state index is 12.0. The average Bonchev–Trinajstić information content (AvgIpc) is 2.96. The van der Waals surface area contributed by atoms with E-state index in [1.54, 1.807) is 0 Å². The van der Waals surface area contributed by atoms with Crippen LogP contribution in [-0.4, -0.2) is 62.9 Å². The number of carbonyl (C=O) groups is 1. The quantitative estimate of drug-likeness (QED) is 0.836. The second-order valence-electron chi connectivity index (χ2n) is 7.56. The van der Waals surface area contributed by atoms with Crippen molar-refractivity contribution in [1.29, 1.82) is 0 Å². The third-order valence-electron chi connectivity index (χ3n) is 5.27. The molecule has 0 aromatic carbocycles. The summed E-state index contributed by atoms with van der Waals surface area (Å²) in [5, 5.41) is 8.92. The minimum atomic E-state index is -0.197.